The fourth-order valence-electron chi connectivity index (χ4n) is 1.05. The fourth-order valence-corrected chi connectivity index (χ4v) is 1.05. The molecule has 64 valence electrons. The normalized spacial score (nSPS) is 10.9. The Bertz CT molecular complexity index is 316. The molecular formula is C10H11FO. The van der Waals surface area contributed by atoms with Crippen molar-refractivity contribution in [3.05, 3.63) is 35.2 Å². The molecule has 0 atom stereocenters. The summed E-state index contributed by atoms with van der Waals surface area (Å²) in [6, 6.07) is 3.05. The predicted molar refractivity (Wildman–Crippen MR) is 47.5 cm³/mol. The molecule has 0 saturated carbocycles. The van der Waals surface area contributed by atoms with Crippen LogP contribution in [0.25, 0.3) is 6.08 Å². The van der Waals surface area contributed by atoms with E-state index in [0.29, 0.717) is 5.56 Å². The summed E-state index contributed by atoms with van der Waals surface area (Å²) in [6.07, 6.45) is 3.64. The molecule has 1 rings (SSSR count). The second kappa shape index (κ2) is 3.39. The summed E-state index contributed by atoms with van der Waals surface area (Å²) in [7, 11) is 0. The van der Waals surface area contributed by atoms with Crippen molar-refractivity contribution in [2.75, 3.05) is 0 Å². The van der Waals surface area contributed by atoms with E-state index in [1.165, 1.54) is 6.07 Å². The van der Waals surface area contributed by atoms with E-state index in [9.17, 15) is 4.39 Å². The molecule has 2 heteroatoms. The second-order valence-corrected chi connectivity index (χ2v) is 2.61. The van der Waals surface area contributed by atoms with Crippen LogP contribution in [0, 0.1) is 12.7 Å². The van der Waals surface area contributed by atoms with Crippen LogP contribution in [0.15, 0.2) is 18.2 Å². The van der Waals surface area contributed by atoms with Gasteiger partial charge in [0, 0.05) is 0 Å². The maximum Gasteiger partial charge on any atom is 0.168 e. The number of phenols is 1. The molecule has 0 aliphatic rings. The number of aromatic hydroxyl groups is 1. The van der Waals surface area contributed by atoms with Crippen molar-refractivity contribution in [1.82, 2.24) is 0 Å². The van der Waals surface area contributed by atoms with Gasteiger partial charge in [0.15, 0.2) is 11.6 Å². The maximum absolute atomic E-state index is 13.0. The van der Waals surface area contributed by atoms with Crippen molar-refractivity contribution in [2.45, 2.75) is 13.8 Å². The minimum atomic E-state index is -0.536. The standard InChI is InChI=1S/C10H11FO/c1-3-4-8-5-6-9(12)10(11)7(8)2/h3-6,12H,1-2H3/b4-3-. The topological polar surface area (TPSA) is 20.2 Å². The van der Waals surface area contributed by atoms with Gasteiger partial charge in [-0.25, -0.2) is 4.39 Å². The number of phenolic OH excluding ortho intramolecular Hbond substituents is 1. The third kappa shape index (κ3) is 1.47. The van der Waals surface area contributed by atoms with E-state index in [4.69, 9.17) is 5.11 Å². The van der Waals surface area contributed by atoms with Gasteiger partial charge in [-0.2, -0.15) is 0 Å². The minimum Gasteiger partial charge on any atom is -0.505 e. The van der Waals surface area contributed by atoms with E-state index in [0.717, 1.165) is 5.56 Å². The van der Waals surface area contributed by atoms with Gasteiger partial charge in [0.2, 0.25) is 0 Å². The lowest BCUT2D eigenvalue weighted by Gasteiger charge is -2.02. The molecule has 0 unspecified atom stereocenters. The van der Waals surface area contributed by atoms with Crippen LogP contribution >= 0.6 is 0 Å². The molecule has 0 spiro atoms. The average molecular weight is 166 g/mol. The number of benzene rings is 1. The molecule has 1 N–H and O–H groups in total. The van der Waals surface area contributed by atoms with Crippen LogP contribution in [0.2, 0.25) is 0 Å². The summed E-state index contributed by atoms with van der Waals surface area (Å²) >= 11 is 0. The van der Waals surface area contributed by atoms with Crippen molar-refractivity contribution >= 4 is 6.08 Å². The molecule has 0 bridgehead atoms. The first-order chi connectivity index (χ1) is 5.66. The van der Waals surface area contributed by atoms with E-state index in [-0.39, 0.29) is 5.75 Å². The van der Waals surface area contributed by atoms with Gasteiger partial charge in [0.25, 0.3) is 0 Å². The lowest BCUT2D eigenvalue weighted by atomic mass is 10.1. The molecule has 1 aromatic carbocycles. The second-order valence-electron chi connectivity index (χ2n) is 2.61. The van der Waals surface area contributed by atoms with Gasteiger partial charge in [-0.1, -0.05) is 18.2 Å². The largest absolute Gasteiger partial charge is 0.505 e. The SMILES string of the molecule is C/C=C\c1ccc(O)c(F)c1C. The molecule has 1 aromatic rings. The van der Waals surface area contributed by atoms with Crippen LogP contribution in [0.3, 0.4) is 0 Å². The lowest BCUT2D eigenvalue weighted by Crippen LogP contribution is -1.86. The van der Waals surface area contributed by atoms with Crippen molar-refractivity contribution in [3.8, 4) is 5.75 Å². The summed E-state index contributed by atoms with van der Waals surface area (Å²) in [4.78, 5) is 0. The highest BCUT2D eigenvalue weighted by Gasteiger charge is 2.05. The highest BCUT2D eigenvalue weighted by Crippen LogP contribution is 2.22. The predicted octanol–water partition coefficient (Wildman–Crippen LogP) is 2.87. The Morgan fingerprint density at radius 3 is 2.67 bits per heavy atom. The first-order valence-corrected chi connectivity index (χ1v) is 3.77. The van der Waals surface area contributed by atoms with Crippen molar-refractivity contribution < 1.29 is 9.50 Å². The summed E-state index contributed by atoms with van der Waals surface area (Å²) in [5.41, 5.74) is 1.28. The Kier molecular flexibility index (Phi) is 2.48. The first kappa shape index (κ1) is 8.78. The van der Waals surface area contributed by atoms with Crippen LogP contribution in [0.5, 0.6) is 5.75 Å². The summed E-state index contributed by atoms with van der Waals surface area (Å²) in [6.45, 7) is 3.51. The van der Waals surface area contributed by atoms with Gasteiger partial charge in [-0.3, -0.25) is 0 Å². The van der Waals surface area contributed by atoms with Crippen molar-refractivity contribution in [1.29, 1.82) is 0 Å². The van der Waals surface area contributed by atoms with Gasteiger partial charge in [0.1, 0.15) is 0 Å². The highest BCUT2D eigenvalue weighted by atomic mass is 19.1. The highest BCUT2D eigenvalue weighted by molar-refractivity contribution is 5.55. The quantitative estimate of drug-likeness (QED) is 0.680. The number of hydrogen-bond donors (Lipinski definition) is 1. The molecule has 0 saturated heterocycles. The summed E-state index contributed by atoms with van der Waals surface area (Å²) < 4.78 is 13.0. The Morgan fingerprint density at radius 1 is 1.42 bits per heavy atom. The van der Waals surface area contributed by atoms with E-state index in [1.807, 2.05) is 13.0 Å². The van der Waals surface area contributed by atoms with E-state index in [2.05, 4.69) is 0 Å². The molecule has 0 aliphatic carbocycles. The van der Waals surface area contributed by atoms with Crippen LogP contribution in [-0.2, 0) is 0 Å². The van der Waals surface area contributed by atoms with Gasteiger partial charge >= 0.3 is 0 Å². The Morgan fingerprint density at radius 2 is 2.08 bits per heavy atom. The van der Waals surface area contributed by atoms with Crippen LogP contribution in [0.4, 0.5) is 4.39 Å². The van der Waals surface area contributed by atoms with E-state index >= 15 is 0 Å². The van der Waals surface area contributed by atoms with Gasteiger partial charge in [-0.15, -0.1) is 0 Å². The summed E-state index contributed by atoms with van der Waals surface area (Å²) in [5.74, 6) is -0.827. The molecule has 0 radical (unpaired) electrons. The van der Waals surface area contributed by atoms with Gasteiger partial charge in [-0.05, 0) is 31.0 Å². The molecule has 1 nitrogen and oxygen atoms in total. The Labute approximate surface area is 71.2 Å². The smallest absolute Gasteiger partial charge is 0.168 e. The zero-order valence-electron chi connectivity index (χ0n) is 7.13. The number of allylic oxidation sites excluding steroid dienone is 1. The number of hydrogen-bond acceptors (Lipinski definition) is 1. The van der Waals surface area contributed by atoms with Crippen LogP contribution in [0.1, 0.15) is 18.1 Å². The average Bonchev–Trinajstić information content (AvgIpc) is 2.07. The zero-order chi connectivity index (χ0) is 9.14. The molecule has 0 aromatic heterocycles. The van der Waals surface area contributed by atoms with E-state index < -0.39 is 5.82 Å². The van der Waals surface area contributed by atoms with Crippen molar-refractivity contribution in [2.24, 2.45) is 0 Å². The van der Waals surface area contributed by atoms with Crippen LogP contribution in [-0.4, -0.2) is 5.11 Å². The number of halogens is 1. The third-order valence-electron chi connectivity index (χ3n) is 1.75. The summed E-state index contributed by atoms with van der Waals surface area (Å²) in [5, 5.41) is 8.99. The fraction of sp³-hybridized carbons (Fsp3) is 0.200. The monoisotopic (exact) mass is 166 g/mol. The molecule has 0 heterocycles. The lowest BCUT2D eigenvalue weighted by molar-refractivity contribution is 0.430. The minimum absolute atomic E-state index is 0.291. The molecule has 12 heavy (non-hydrogen) atoms. The molecular weight excluding hydrogens is 155 g/mol. The first-order valence-electron chi connectivity index (χ1n) is 3.77. The zero-order valence-corrected chi connectivity index (χ0v) is 7.13. The molecule has 0 fully saturated rings. The van der Waals surface area contributed by atoms with Crippen LogP contribution < -0.4 is 0 Å². The Hall–Kier alpha value is -1.31. The van der Waals surface area contributed by atoms with Gasteiger partial charge < -0.3 is 5.11 Å². The molecule has 0 amide bonds. The van der Waals surface area contributed by atoms with E-state index in [1.54, 1.807) is 19.1 Å². The third-order valence-corrected chi connectivity index (χ3v) is 1.75. The number of rotatable bonds is 1. The van der Waals surface area contributed by atoms with Crippen molar-refractivity contribution in [3.63, 3.8) is 0 Å². The Balaban J connectivity index is 3.26. The van der Waals surface area contributed by atoms with Gasteiger partial charge in [0.05, 0.1) is 0 Å². The molecule has 0 aliphatic heterocycles. The maximum atomic E-state index is 13.0.